The van der Waals surface area contributed by atoms with Gasteiger partial charge in [0.15, 0.2) is 5.82 Å². The molecule has 2 aromatic rings. The van der Waals surface area contributed by atoms with Crippen molar-refractivity contribution in [2.24, 2.45) is 5.73 Å². The molecule has 0 saturated carbocycles. The Labute approximate surface area is 137 Å². The third kappa shape index (κ3) is 3.43. The summed E-state index contributed by atoms with van der Waals surface area (Å²) in [6.45, 7) is 3.67. The number of nitrogens with two attached hydrogens (primary N) is 1. The Hall–Kier alpha value is -1.43. The van der Waals surface area contributed by atoms with Crippen molar-refractivity contribution < 1.29 is 4.39 Å². The lowest BCUT2D eigenvalue weighted by atomic mass is 10.1. The van der Waals surface area contributed by atoms with Gasteiger partial charge >= 0.3 is 0 Å². The number of aromatic nitrogens is 1. The number of aryl methyl sites for hydroxylation is 2. The van der Waals surface area contributed by atoms with Crippen LogP contribution in [0.1, 0.15) is 17.0 Å². The van der Waals surface area contributed by atoms with Crippen molar-refractivity contribution in [2.75, 3.05) is 5.32 Å². The van der Waals surface area contributed by atoms with Crippen LogP contribution in [-0.2, 0) is 0 Å². The summed E-state index contributed by atoms with van der Waals surface area (Å²) in [5.41, 5.74) is 9.10. The van der Waals surface area contributed by atoms with Crippen molar-refractivity contribution in [3.05, 3.63) is 51.0 Å². The van der Waals surface area contributed by atoms with Gasteiger partial charge in [0, 0.05) is 17.1 Å². The molecule has 1 aromatic carbocycles. The number of halogens is 3. The van der Waals surface area contributed by atoms with Crippen LogP contribution in [0.25, 0.3) is 0 Å². The van der Waals surface area contributed by atoms with Crippen LogP contribution >= 0.6 is 35.4 Å². The average Bonchev–Trinajstić information content (AvgIpc) is 2.34. The van der Waals surface area contributed by atoms with E-state index >= 15 is 0 Å². The summed E-state index contributed by atoms with van der Waals surface area (Å²) in [5, 5.41) is 2.97. The molecule has 0 spiro atoms. The monoisotopic (exact) mass is 343 g/mol. The molecular formula is C14H12Cl2FN3S. The summed E-state index contributed by atoms with van der Waals surface area (Å²) in [7, 11) is 0. The fraction of sp³-hybridized carbons (Fsp3) is 0.143. The van der Waals surface area contributed by atoms with Crippen LogP contribution in [0.3, 0.4) is 0 Å². The van der Waals surface area contributed by atoms with Gasteiger partial charge < -0.3 is 11.1 Å². The van der Waals surface area contributed by atoms with Gasteiger partial charge in [0.1, 0.15) is 4.99 Å². The van der Waals surface area contributed by atoms with Gasteiger partial charge in [0.2, 0.25) is 0 Å². The van der Waals surface area contributed by atoms with Crippen molar-refractivity contribution in [3.8, 4) is 0 Å². The van der Waals surface area contributed by atoms with E-state index in [1.807, 2.05) is 13.8 Å². The van der Waals surface area contributed by atoms with Gasteiger partial charge in [-0.25, -0.2) is 4.39 Å². The molecule has 0 saturated heterocycles. The van der Waals surface area contributed by atoms with Gasteiger partial charge in [-0.15, -0.1) is 0 Å². The molecule has 3 N–H and O–H groups in total. The number of nitrogens with zero attached hydrogens (tertiary/aromatic N) is 1. The van der Waals surface area contributed by atoms with Gasteiger partial charge in [0.05, 0.1) is 21.3 Å². The van der Waals surface area contributed by atoms with E-state index in [4.69, 9.17) is 41.2 Å². The van der Waals surface area contributed by atoms with Gasteiger partial charge in [-0.2, -0.15) is 0 Å². The van der Waals surface area contributed by atoms with Gasteiger partial charge in [-0.3, -0.25) is 4.98 Å². The molecule has 0 fully saturated rings. The number of thiocarbonyl (C=S) groups is 1. The third-order valence-electron chi connectivity index (χ3n) is 2.84. The molecule has 0 aliphatic carbocycles. The van der Waals surface area contributed by atoms with E-state index in [1.54, 1.807) is 6.07 Å². The predicted molar refractivity (Wildman–Crippen MR) is 89.3 cm³/mol. The van der Waals surface area contributed by atoms with Crippen molar-refractivity contribution in [2.45, 2.75) is 13.8 Å². The Morgan fingerprint density at radius 2 is 1.81 bits per heavy atom. The highest BCUT2D eigenvalue weighted by Gasteiger charge is 2.13. The van der Waals surface area contributed by atoms with E-state index in [1.165, 1.54) is 12.1 Å². The Morgan fingerprint density at radius 1 is 1.24 bits per heavy atom. The van der Waals surface area contributed by atoms with Crippen LogP contribution in [0.4, 0.5) is 15.8 Å². The molecule has 1 aromatic heterocycles. The topological polar surface area (TPSA) is 50.9 Å². The number of rotatable bonds is 3. The first kappa shape index (κ1) is 15.9. The number of hydrogen-bond donors (Lipinski definition) is 2. The van der Waals surface area contributed by atoms with E-state index in [9.17, 15) is 4.39 Å². The predicted octanol–water partition coefficient (Wildman–Crippen LogP) is 4.52. The van der Waals surface area contributed by atoms with E-state index < -0.39 is 5.82 Å². The zero-order chi connectivity index (χ0) is 15.7. The maximum absolute atomic E-state index is 13.4. The quantitative estimate of drug-likeness (QED) is 0.635. The number of pyridine rings is 1. The first-order valence-electron chi connectivity index (χ1n) is 5.99. The molecule has 3 nitrogen and oxygen atoms in total. The van der Waals surface area contributed by atoms with Gasteiger partial charge in [-0.1, -0.05) is 35.4 Å². The smallest absolute Gasteiger partial charge is 0.160 e. The lowest BCUT2D eigenvalue weighted by Gasteiger charge is -2.15. The molecule has 110 valence electrons. The zero-order valence-electron chi connectivity index (χ0n) is 11.3. The van der Waals surface area contributed by atoms with Crippen molar-refractivity contribution in [1.29, 1.82) is 0 Å². The summed E-state index contributed by atoms with van der Waals surface area (Å²) in [6.07, 6.45) is 0. The minimum absolute atomic E-state index is 0.0654. The summed E-state index contributed by atoms with van der Waals surface area (Å²) < 4.78 is 13.4. The van der Waals surface area contributed by atoms with Crippen molar-refractivity contribution in [1.82, 2.24) is 4.98 Å². The maximum Gasteiger partial charge on any atom is 0.160 e. The Morgan fingerprint density at radius 3 is 2.33 bits per heavy atom. The normalized spacial score (nSPS) is 10.5. The second-order valence-corrected chi connectivity index (χ2v) is 5.77. The highest BCUT2D eigenvalue weighted by atomic mass is 35.5. The maximum atomic E-state index is 13.4. The minimum Gasteiger partial charge on any atom is -0.389 e. The van der Waals surface area contributed by atoms with E-state index in [-0.39, 0.29) is 15.0 Å². The van der Waals surface area contributed by atoms with Gasteiger partial charge in [0.25, 0.3) is 0 Å². The molecule has 0 aliphatic heterocycles. The molecule has 1 heterocycles. The highest BCUT2D eigenvalue weighted by molar-refractivity contribution is 7.80. The molecule has 0 radical (unpaired) electrons. The molecular weight excluding hydrogens is 332 g/mol. The molecule has 2 rings (SSSR count). The third-order valence-corrected chi connectivity index (χ3v) is 3.59. The van der Waals surface area contributed by atoms with Crippen LogP contribution in [-0.4, -0.2) is 9.97 Å². The first-order chi connectivity index (χ1) is 9.79. The number of hydrogen-bond acceptors (Lipinski definition) is 3. The lowest BCUT2D eigenvalue weighted by Crippen LogP contribution is -2.15. The molecule has 0 unspecified atom stereocenters. The zero-order valence-corrected chi connectivity index (χ0v) is 13.6. The van der Waals surface area contributed by atoms with E-state index in [0.717, 1.165) is 5.69 Å². The Bertz CT molecular complexity index is 711. The lowest BCUT2D eigenvalue weighted by molar-refractivity contribution is 0.629. The number of nitrogens with one attached hydrogen (secondary N) is 1. The van der Waals surface area contributed by atoms with E-state index in [2.05, 4.69) is 10.3 Å². The van der Waals surface area contributed by atoms with E-state index in [0.29, 0.717) is 22.6 Å². The highest BCUT2D eigenvalue weighted by Crippen LogP contribution is 2.30. The summed E-state index contributed by atoms with van der Waals surface area (Å²) in [4.78, 5) is 4.55. The van der Waals surface area contributed by atoms with Crippen LogP contribution in [0.2, 0.25) is 10.0 Å². The molecule has 7 heteroatoms. The fourth-order valence-corrected chi connectivity index (χ4v) is 2.77. The second-order valence-electron chi connectivity index (χ2n) is 4.51. The molecule has 0 aliphatic rings. The summed E-state index contributed by atoms with van der Waals surface area (Å²) >= 11 is 16.6. The van der Waals surface area contributed by atoms with Crippen molar-refractivity contribution >= 4 is 51.8 Å². The standard InChI is InChI=1S/C14H12Cl2FN3S/c1-6-3-11(12(14(18)21)7(2)19-6)20-8-4-9(15)13(17)10(16)5-8/h3-5H,1-2H3,(H2,18,21)(H,19,20). The molecule has 0 bridgehead atoms. The fourth-order valence-electron chi connectivity index (χ4n) is 2.02. The first-order valence-corrected chi connectivity index (χ1v) is 7.15. The number of benzene rings is 1. The average molecular weight is 344 g/mol. The molecule has 0 atom stereocenters. The summed E-state index contributed by atoms with van der Waals surface area (Å²) in [6, 6.07) is 4.68. The van der Waals surface area contributed by atoms with Crippen molar-refractivity contribution in [3.63, 3.8) is 0 Å². The molecule has 21 heavy (non-hydrogen) atoms. The Kier molecular flexibility index (Phi) is 4.66. The Balaban J connectivity index is 2.51. The molecule has 0 amide bonds. The van der Waals surface area contributed by atoms with Crippen LogP contribution in [0, 0.1) is 19.7 Å². The largest absolute Gasteiger partial charge is 0.389 e. The second kappa shape index (κ2) is 6.13. The van der Waals surface area contributed by atoms with Crippen LogP contribution < -0.4 is 11.1 Å². The van der Waals surface area contributed by atoms with Crippen LogP contribution in [0.15, 0.2) is 18.2 Å². The minimum atomic E-state index is -0.652. The van der Waals surface area contributed by atoms with Crippen LogP contribution in [0.5, 0.6) is 0 Å². The number of anilines is 2. The van der Waals surface area contributed by atoms with Gasteiger partial charge in [-0.05, 0) is 32.0 Å². The SMILES string of the molecule is Cc1cc(Nc2cc(Cl)c(F)c(Cl)c2)c(C(N)=S)c(C)n1. The summed E-state index contributed by atoms with van der Waals surface area (Å²) in [5.74, 6) is -0.652.